The molecule has 0 saturated heterocycles. The molecule has 0 fully saturated rings. The van der Waals surface area contributed by atoms with Gasteiger partial charge in [0.05, 0.1) is 11.0 Å². The number of hydrogen-bond acceptors (Lipinski definition) is 3. The third-order valence-corrected chi connectivity index (χ3v) is 9.07. The van der Waals surface area contributed by atoms with E-state index in [2.05, 4.69) is 150 Å². The Morgan fingerprint density at radius 2 is 0.776 bits per heavy atom. The van der Waals surface area contributed by atoms with Crippen LogP contribution in [0.5, 0.6) is 0 Å². The summed E-state index contributed by atoms with van der Waals surface area (Å²) >= 11 is 0. The Labute approximate surface area is 284 Å². The van der Waals surface area contributed by atoms with Crippen LogP contribution in [0.2, 0.25) is 0 Å². The predicted molar refractivity (Wildman–Crippen MR) is 201 cm³/mol. The summed E-state index contributed by atoms with van der Waals surface area (Å²) in [5, 5.41) is 2.31. The first-order valence-corrected chi connectivity index (χ1v) is 16.5. The Morgan fingerprint density at radius 3 is 1.39 bits per heavy atom. The maximum Gasteiger partial charge on any atom is 0.238 e. The lowest BCUT2D eigenvalue weighted by atomic mass is 9.94. The zero-order chi connectivity index (χ0) is 32.6. The van der Waals surface area contributed by atoms with Gasteiger partial charge in [0.15, 0.2) is 11.6 Å². The number of nitrogens with zero attached hydrogens (tertiary/aromatic N) is 4. The molecule has 0 saturated carbocycles. The van der Waals surface area contributed by atoms with Crippen LogP contribution >= 0.6 is 0 Å². The summed E-state index contributed by atoms with van der Waals surface area (Å²) in [5.74, 6) is 1.82. The number of benzene rings is 7. The minimum absolute atomic E-state index is 0.575. The number of hydrogen-bond donors (Lipinski definition) is 0. The summed E-state index contributed by atoms with van der Waals surface area (Å²) in [6.45, 7) is 0. The van der Waals surface area contributed by atoms with E-state index in [0.29, 0.717) is 17.6 Å². The molecule has 9 aromatic rings. The Balaban J connectivity index is 1.33. The van der Waals surface area contributed by atoms with Crippen molar-refractivity contribution in [1.82, 2.24) is 19.5 Å². The van der Waals surface area contributed by atoms with Crippen LogP contribution in [0.1, 0.15) is 0 Å². The normalized spacial score (nSPS) is 11.3. The highest BCUT2D eigenvalue weighted by atomic mass is 15.2. The van der Waals surface area contributed by atoms with Gasteiger partial charge in [-0.05, 0) is 51.6 Å². The van der Waals surface area contributed by atoms with Gasteiger partial charge in [0.2, 0.25) is 5.95 Å². The third-order valence-electron chi connectivity index (χ3n) is 9.07. The van der Waals surface area contributed by atoms with E-state index in [4.69, 9.17) is 15.0 Å². The molecule has 0 unspecified atom stereocenters. The molecular formula is C45H30N4. The van der Waals surface area contributed by atoms with Crippen molar-refractivity contribution in [2.75, 3.05) is 0 Å². The molecule has 0 aliphatic heterocycles. The Morgan fingerprint density at radius 1 is 0.327 bits per heavy atom. The van der Waals surface area contributed by atoms with Gasteiger partial charge in [-0.3, -0.25) is 4.57 Å². The van der Waals surface area contributed by atoms with Gasteiger partial charge in [0, 0.05) is 21.9 Å². The second kappa shape index (κ2) is 12.2. The Bertz CT molecular complexity index is 2560. The molecule has 2 heterocycles. The number of para-hydroxylation sites is 1. The molecule has 0 radical (unpaired) electrons. The smallest absolute Gasteiger partial charge is 0.238 e. The van der Waals surface area contributed by atoms with Gasteiger partial charge in [-0.25, -0.2) is 4.98 Å². The standard InChI is InChI=1S/C45H30N4/c1-5-15-31(16-6-1)33-25-27-36(28-26-33)44-46-43(35-21-11-4-12-22-35)47-45(48-44)49-40-24-14-13-23-38(40)42-39(34-19-9-3-10-20-34)29-37(30-41(42)49)32-17-7-2-8-18-32/h1-30H. The molecule has 0 atom stereocenters. The molecule has 49 heavy (non-hydrogen) atoms. The second-order valence-electron chi connectivity index (χ2n) is 12.1. The predicted octanol–water partition coefficient (Wildman–Crippen LogP) is 11.3. The van der Waals surface area contributed by atoms with Gasteiger partial charge in [0.1, 0.15) is 0 Å². The minimum Gasteiger partial charge on any atom is -0.278 e. The largest absolute Gasteiger partial charge is 0.278 e. The van der Waals surface area contributed by atoms with Crippen LogP contribution in [0.15, 0.2) is 182 Å². The van der Waals surface area contributed by atoms with Gasteiger partial charge in [-0.1, -0.05) is 164 Å². The zero-order valence-electron chi connectivity index (χ0n) is 26.6. The first-order valence-electron chi connectivity index (χ1n) is 16.5. The molecule has 4 nitrogen and oxygen atoms in total. The van der Waals surface area contributed by atoms with E-state index in [1.165, 1.54) is 11.1 Å². The van der Waals surface area contributed by atoms with Crippen LogP contribution in [-0.2, 0) is 0 Å². The topological polar surface area (TPSA) is 43.6 Å². The molecule has 4 heteroatoms. The van der Waals surface area contributed by atoms with Crippen LogP contribution < -0.4 is 0 Å². The van der Waals surface area contributed by atoms with Crippen molar-refractivity contribution in [3.63, 3.8) is 0 Å². The third kappa shape index (κ3) is 5.26. The molecule has 0 aliphatic rings. The highest BCUT2D eigenvalue weighted by Crippen LogP contribution is 2.41. The van der Waals surface area contributed by atoms with Gasteiger partial charge in [0.25, 0.3) is 0 Å². The van der Waals surface area contributed by atoms with E-state index in [-0.39, 0.29) is 0 Å². The van der Waals surface area contributed by atoms with E-state index in [0.717, 1.165) is 55.2 Å². The van der Waals surface area contributed by atoms with Crippen molar-refractivity contribution in [2.45, 2.75) is 0 Å². The molecule has 0 bridgehead atoms. The van der Waals surface area contributed by atoms with Gasteiger partial charge < -0.3 is 0 Å². The summed E-state index contributed by atoms with van der Waals surface area (Å²) in [6.07, 6.45) is 0. The molecule has 230 valence electrons. The number of fused-ring (bicyclic) bond motifs is 3. The van der Waals surface area contributed by atoms with Crippen LogP contribution in [0, 0.1) is 0 Å². The van der Waals surface area contributed by atoms with Crippen LogP contribution in [0.25, 0.3) is 83.9 Å². The molecule has 0 spiro atoms. The fourth-order valence-electron chi connectivity index (χ4n) is 6.71. The summed E-state index contributed by atoms with van der Waals surface area (Å²) in [6, 6.07) is 63.4. The minimum atomic E-state index is 0.575. The number of aromatic nitrogens is 4. The first kappa shape index (κ1) is 28.6. The number of rotatable bonds is 6. The van der Waals surface area contributed by atoms with Crippen molar-refractivity contribution in [3.8, 4) is 62.1 Å². The van der Waals surface area contributed by atoms with Crippen molar-refractivity contribution in [3.05, 3.63) is 182 Å². The monoisotopic (exact) mass is 626 g/mol. The van der Waals surface area contributed by atoms with Gasteiger partial charge in [-0.15, -0.1) is 0 Å². The quantitative estimate of drug-likeness (QED) is 0.184. The highest BCUT2D eigenvalue weighted by molar-refractivity contribution is 6.16. The van der Waals surface area contributed by atoms with Crippen LogP contribution in [0.3, 0.4) is 0 Å². The van der Waals surface area contributed by atoms with Gasteiger partial charge in [-0.2, -0.15) is 9.97 Å². The van der Waals surface area contributed by atoms with E-state index < -0.39 is 0 Å². The SMILES string of the molecule is c1ccc(-c2ccc(-c3nc(-c4ccccc4)nc(-n4c5ccccc5c5c(-c6ccccc6)cc(-c6ccccc6)cc54)n3)cc2)cc1. The Kier molecular flexibility index (Phi) is 7.10. The lowest BCUT2D eigenvalue weighted by Crippen LogP contribution is -2.06. The molecule has 7 aromatic carbocycles. The van der Waals surface area contributed by atoms with E-state index >= 15 is 0 Å². The molecule has 2 aromatic heterocycles. The van der Waals surface area contributed by atoms with Crippen LogP contribution in [0.4, 0.5) is 0 Å². The summed E-state index contributed by atoms with van der Waals surface area (Å²) in [7, 11) is 0. The average Bonchev–Trinajstić information content (AvgIpc) is 3.53. The fourth-order valence-corrected chi connectivity index (χ4v) is 6.71. The molecule has 0 amide bonds. The maximum absolute atomic E-state index is 5.22. The van der Waals surface area contributed by atoms with Crippen molar-refractivity contribution in [2.24, 2.45) is 0 Å². The zero-order valence-corrected chi connectivity index (χ0v) is 26.6. The van der Waals surface area contributed by atoms with Crippen molar-refractivity contribution >= 4 is 21.8 Å². The lowest BCUT2D eigenvalue weighted by molar-refractivity contribution is 0.953. The molecular weight excluding hydrogens is 597 g/mol. The van der Waals surface area contributed by atoms with E-state index in [9.17, 15) is 0 Å². The Hall–Kier alpha value is -6.65. The first-order chi connectivity index (χ1) is 24.3. The van der Waals surface area contributed by atoms with Crippen molar-refractivity contribution < 1.29 is 0 Å². The summed E-state index contributed by atoms with van der Waals surface area (Å²) < 4.78 is 2.21. The lowest BCUT2D eigenvalue weighted by Gasteiger charge is -2.13. The van der Waals surface area contributed by atoms with Crippen molar-refractivity contribution in [1.29, 1.82) is 0 Å². The molecule has 0 N–H and O–H groups in total. The van der Waals surface area contributed by atoms with E-state index in [1.807, 2.05) is 36.4 Å². The molecule has 0 aliphatic carbocycles. The summed E-state index contributed by atoms with van der Waals surface area (Å²) in [5.41, 5.74) is 10.9. The highest BCUT2D eigenvalue weighted by Gasteiger charge is 2.21. The van der Waals surface area contributed by atoms with E-state index in [1.54, 1.807) is 0 Å². The molecule has 9 rings (SSSR count). The second-order valence-corrected chi connectivity index (χ2v) is 12.1. The van der Waals surface area contributed by atoms with Crippen LogP contribution in [-0.4, -0.2) is 19.5 Å². The summed E-state index contributed by atoms with van der Waals surface area (Å²) in [4.78, 5) is 15.4. The average molecular weight is 627 g/mol. The fraction of sp³-hybridized carbons (Fsp3) is 0. The maximum atomic E-state index is 5.22. The van der Waals surface area contributed by atoms with Gasteiger partial charge >= 0.3 is 0 Å².